The van der Waals surface area contributed by atoms with Crippen molar-refractivity contribution in [3.8, 4) is 5.75 Å². The van der Waals surface area contributed by atoms with Gasteiger partial charge in [-0.25, -0.2) is 8.78 Å². The summed E-state index contributed by atoms with van der Waals surface area (Å²) in [4.78, 5) is 0. The van der Waals surface area contributed by atoms with Gasteiger partial charge in [0.1, 0.15) is 17.4 Å². The lowest BCUT2D eigenvalue weighted by Gasteiger charge is -2.17. The van der Waals surface area contributed by atoms with Crippen LogP contribution in [0.25, 0.3) is 0 Å². The average molecular weight is 328 g/mol. The maximum atomic E-state index is 13.6. The highest BCUT2D eigenvalue weighted by Crippen LogP contribution is 2.29. The molecule has 19 heavy (non-hydrogen) atoms. The summed E-state index contributed by atoms with van der Waals surface area (Å²) in [6.45, 7) is 1.72. The van der Waals surface area contributed by atoms with Gasteiger partial charge < -0.3 is 10.4 Å². The van der Waals surface area contributed by atoms with Crippen LogP contribution in [0.3, 0.4) is 0 Å². The molecule has 0 bridgehead atoms. The molecule has 0 saturated carbocycles. The molecule has 0 saturated heterocycles. The molecular weight excluding hydrogens is 316 g/mol. The standard InChI is InChI=1S/C14H12BrF2NO/c1-8(11-7-10(16)3-5-14(11)19)18-13-6-9(15)2-4-12(13)17/h2-8,18-19H,1H3. The number of rotatable bonds is 3. The summed E-state index contributed by atoms with van der Waals surface area (Å²) in [5, 5.41) is 12.6. The number of phenols is 1. The summed E-state index contributed by atoms with van der Waals surface area (Å²) in [5.74, 6) is -0.890. The van der Waals surface area contributed by atoms with Crippen molar-refractivity contribution in [2.75, 3.05) is 5.32 Å². The fourth-order valence-corrected chi connectivity index (χ4v) is 2.15. The zero-order valence-electron chi connectivity index (χ0n) is 10.1. The molecule has 0 heterocycles. The van der Waals surface area contributed by atoms with E-state index in [1.807, 2.05) is 0 Å². The van der Waals surface area contributed by atoms with Gasteiger partial charge in [0.25, 0.3) is 0 Å². The Morgan fingerprint density at radius 3 is 2.63 bits per heavy atom. The fourth-order valence-electron chi connectivity index (χ4n) is 1.79. The third-order valence-electron chi connectivity index (χ3n) is 2.76. The van der Waals surface area contributed by atoms with E-state index in [0.717, 1.165) is 4.47 Å². The van der Waals surface area contributed by atoms with Crippen LogP contribution in [0.5, 0.6) is 5.75 Å². The molecule has 0 radical (unpaired) electrons. The van der Waals surface area contributed by atoms with E-state index in [-0.39, 0.29) is 11.4 Å². The molecule has 2 rings (SSSR count). The van der Waals surface area contributed by atoms with E-state index in [9.17, 15) is 13.9 Å². The first kappa shape index (κ1) is 13.8. The molecule has 0 fully saturated rings. The molecule has 0 spiro atoms. The van der Waals surface area contributed by atoms with Crippen molar-refractivity contribution in [1.29, 1.82) is 0 Å². The molecular formula is C14H12BrF2NO. The summed E-state index contributed by atoms with van der Waals surface area (Å²) in [6, 6.07) is 7.74. The largest absolute Gasteiger partial charge is 0.508 e. The summed E-state index contributed by atoms with van der Waals surface area (Å²) in [5.41, 5.74) is 0.657. The molecule has 0 aromatic heterocycles. The zero-order chi connectivity index (χ0) is 14.0. The lowest BCUT2D eigenvalue weighted by molar-refractivity contribution is 0.462. The van der Waals surface area contributed by atoms with Gasteiger partial charge in [0.15, 0.2) is 0 Å². The molecule has 2 aromatic carbocycles. The number of halogens is 3. The van der Waals surface area contributed by atoms with Gasteiger partial charge in [0, 0.05) is 10.0 Å². The minimum absolute atomic E-state index is 0.0307. The predicted octanol–water partition coefficient (Wildman–Crippen LogP) is 4.61. The predicted molar refractivity (Wildman–Crippen MR) is 74.2 cm³/mol. The number of anilines is 1. The number of hydrogen-bond donors (Lipinski definition) is 2. The van der Waals surface area contributed by atoms with Crippen molar-refractivity contribution in [3.63, 3.8) is 0 Å². The Kier molecular flexibility index (Phi) is 4.04. The van der Waals surface area contributed by atoms with Crippen LogP contribution in [0.1, 0.15) is 18.5 Å². The van der Waals surface area contributed by atoms with Crippen LogP contribution in [-0.4, -0.2) is 5.11 Å². The van der Waals surface area contributed by atoms with Crippen LogP contribution in [0.15, 0.2) is 40.9 Å². The Morgan fingerprint density at radius 1 is 1.16 bits per heavy atom. The summed E-state index contributed by atoms with van der Waals surface area (Å²) < 4.78 is 27.5. The number of aromatic hydroxyl groups is 1. The first-order valence-electron chi connectivity index (χ1n) is 5.67. The van der Waals surface area contributed by atoms with Crippen LogP contribution < -0.4 is 5.32 Å². The third-order valence-corrected chi connectivity index (χ3v) is 3.25. The minimum Gasteiger partial charge on any atom is -0.508 e. The van der Waals surface area contributed by atoms with Crippen molar-refractivity contribution in [2.45, 2.75) is 13.0 Å². The third kappa shape index (κ3) is 3.23. The molecule has 0 aliphatic rings. The molecule has 2 aromatic rings. The highest BCUT2D eigenvalue weighted by atomic mass is 79.9. The molecule has 2 nitrogen and oxygen atoms in total. The summed E-state index contributed by atoms with van der Waals surface area (Å²) in [6.07, 6.45) is 0. The second-order valence-electron chi connectivity index (χ2n) is 4.19. The minimum atomic E-state index is -0.448. The maximum absolute atomic E-state index is 13.6. The molecule has 100 valence electrons. The SMILES string of the molecule is CC(Nc1cc(Br)ccc1F)c1cc(F)ccc1O. The van der Waals surface area contributed by atoms with Gasteiger partial charge in [0.2, 0.25) is 0 Å². The molecule has 0 aliphatic carbocycles. The van der Waals surface area contributed by atoms with Gasteiger partial charge >= 0.3 is 0 Å². The number of hydrogen-bond acceptors (Lipinski definition) is 2. The van der Waals surface area contributed by atoms with E-state index in [4.69, 9.17) is 0 Å². The van der Waals surface area contributed by atoms with E-state index >= 15 is 0 Å². The zero-order valence-corrected chi connectivity index (χ0v) is 11.7. The van der Waals surface area contributed by atoms with E-state index in [1.165, 1.54) is 24.3 Å². The first-order valence-corrected chi connectivity index (χ1v) is 6.46. The van der Waals surface area contributed by atoms with Crippen molar-refractivity contribution in [2.24, 2.45) is 0 Å². The van der Waals surface area contributed by atoms with Gasteiger partial charge in [-0.1, -0.05) is 15.9 Å². The van der Waals surface area contributed by atoms with Crippen molar-refractivity contribution >= 4 is 21.6 Å². The van der Waals surface area contributed by atoms with Crippen LogP contribution >= 0.6 is 15.9 Å². The monoisotopic (exact) mass is 327 g/mol. The lowest BCUT2D eigenvalue weighted by atomic mass is 10.1. The molecule has 0 amide bonds. The van der Waals surface area contributed by atoms with Crippen LogP contribution in [0, 0.1) is 11.6 Å². The second-order valence-corrected chi connectivity index (χ2v) is 5.11. The topological polar surface area (TPSA) is 32.3 Å². The van der Waals surface area contributed by atoms with Crippen molar-refractivity contribution in [3.05, 3.63) is 58.1 Å². The van der Waals surface area contributed by atoms with E-state index < -0.39 is 17.7 Å². The number of phenolic OH excluding ortho intramolecular Hbond substituents is 1. The van der Waals surface area contributed by atoms with Crippen LogP contribution in [0.2, 0.25) is 0 Å². The first-order chi connectivity index (χ1) is 8.97. The smallest absolute Gasteiger partial charge is 0.146 e. The highest BCUT2D eigenvalue weighted by molar-refractivity contribution is 9.10. The van der Waals surface area contributed by atoms with Gasteiger partial charge in [0.05, 0.1) is 11.7 Å². The molecule has 2 N–H and O–H groups in total. The average Bonchev–Trinajstić information content (AvgIpc) is 2.36. The Balaban J connectivity index is 2.27. The van der Waals surface area contributed by atoms with E-state index in [1.54, 1.807) is 19.1 Å². The Bertz CT molecular complexity index is 604. The van der Waals surface area contributed by atoms with E-state index in [2.05, 4.69) is 21.2 Å². The molecule has 0 aliphatic heterocycles. The van der Waals surface area contributed by atoms with Gasteiger partial charge in [-0.3, -0.25) is 0 Å². The summed E-state index contributed by atoms with van der Waals surface area (Å²) >= 11 is 3.25. The van der Waals surface area contributed by atoms with Gasteiger partial charge in [-0.2, -0.15) is 0 Å². The Labute approximate surface area is 118 Å². The van der Waals surface area contributed by atoms with E-state index in [0.29, 0.717) is 5.56 Å². The van der Waals surface area contributed by atoms with Crippen molar-refractivity contribution in [1.82, 2.24) is 0 Å². The Hall–Kier alpha value is -1.62. The molecule has 5 heteroatoms. The molecule has 1 atom stereocenters. The second kappa shape index (κ2) is 5.57. The van der Waals surface area contributed by atoms with Gasteiger partial charge in [-0.05, 0) is 43.3 Å². The number of benzene rings is 2. The normalized spacial score (nSPS) is 12.2. The van der Waals surface area contributed by atoms with Crippen molar-refractivity contribution < 1.29 is 13.9 Å². The number of nitrogens with one attached hydrogen (secondary N) is 1. The molecule has 1 unspecified atom stereocenters. The quantitative estimate of drug-likeness (QED) is 0.863. The van der Waals surface area contributed by atoms with Gasteiger partial charge in [-0.15, -0.1) is 0 Å². The van der Waals surface area contributed by atoms with Crippen LogP contribution in [0.4, 0.5) is 14.5 Å². The highest BCUT2D eigenvalue weighted by Gasteiger charge is 2.13. The maximum Gasteiger partial charge on any atom is 0.146 e. The van der Waals surface area contributed by atoms with Crippen LogP contribution in [-0.2, 0) is 0 Å². The fraction of sp³-hybridized carbons (Fsp3) is 0.143. The summed E-state index contributed by atoms with van der Waals surface area (Å²) in [7, 11) is 0. The lowest BCUT2D eigenvalue weighted by Crippen LogP contribution is -2.08. The Morgan fingerprint density at radius 2 is 1.89 bits per heavy atom.